The van der Waals surface area contributed by atoms with Crippen LogP contribution in [0.15, 0.2) is 61.1 Å². The summed E-state index contributed by atoms with van der Waals surface area (Å²) < 4.78 is 40.4. The van der Waals surface area contributed by atoms with E-state index in [2.05, 4.69) is 25.5 Å². The molecule has 1 amide bonds. The summed E-state index contributed by atoms with van der Waals surface area (Å²) in [5, 5.41) is 6.37. The zero-order valence-corrected chi connectivity index (χ0v) is 21.3. The number of nitrogens with zero attached hydrogens (tertiary/aromatic N) is 3. The van der Waals surface area contributed by atoms with Gasteiger partial charge in [0.05, 0.1) is 17.5 Å². The monoisotopic (exact) mass is 523 g/mol. The first-order chi connectivity index (χ1) is 18.3. The first-order valence-corrected chi connectivity index (χ1v) is 13.2. The van der Waals surface area contributed by atoms with Gasteiger partial charge in [-0.2, -0.15) is 13.2 Å². The van der Waals surface area contributed by atoms with Gasteiger partial charge in [0.15, 0.2) is 0 Å². The van der Waals surface area contributed by atoms with Crippen LogP contribution in [-0.4, -0.2) is 28.5 Å². The minimum atomic E-state index is -4.49. The largest absolute Gasteiger partial charge is 0.416 e. The van der Waals surface area contributed by atoms with Gasteiger partial charge in [0.1, 0.15) is 12.1 Å². The Kier molecular flexibility index (Phi) is 7.53. The van der Waals surface area contributed by atoms with Crippen molar-refractivity contribution in [3.8, 4) is 0 Å². The maximum atomic E-state index is 13.6. The summed E-state index contributed by atoms with van der Waals surface area (Å²) in [6.45, 7) is 2.12. The van der Waals surface area contributed by atoms with Gasteiger partial charge in [0.25, 0.3) is 0 Å². The number of alkyl halides is 3. The van der Waals surface area contributed by atoms with Crippen molar-refractivity contribution in [2.75, 3.05) is 22.1 Å². The quantitative estimate of drug-likeness (QED) is 0.374. The van der Waals surface area contributed by atoms with Crippen LogP contribution < -0.4 is 15.5 Å². The van der Waals surface area contributed by atoms with E-state index in [4.69, 9.17) is 0 Å². The number of aryl methyl sites for hydroxylation is 1. The van der Waals surface area contributed by atoms with E-state index < -0.39 is 17.7 Å². The molecule has 2 fully saturated rings. The molecule has 1 saturated carbocycles. The van der Waals surface area contributed by atoms with Gasteiger partial charge in [-0.1, -0.05) is 31.0 Å². The smallest absolute Gasteiger partial charge is 0.382 e. The van der Waals surface area contributed by atoms with Gasteiger partial charge in [0, 0.05) is 30.2 Å². The molecule has 0 radical (unpaired) electrons. The van der Waals surface area contributed by atoms with Crippen LogP contribution in [0.5, 0.6) is 0 Å². The number of aromatic nitrogens is 2. The van der Waals surface area contributed by atoms with E-state index >= 15 is 0 Å². The van der Waals surface area contributed by atoms with Gasteiger partial charge in [-0.05, 0) is 74.1 Å². The third-order valence-electron chi connectivity index (χ3n) is 7.62. The number of carbonyl (C=O) groups excluding carboxylic acids is 1. The topological polar surface area (TPSA) is 70.2 Å². The molecule has 6 nitrogen and oxygen atoms in total. The summed E-state index contributed by atoms with van der Waals surface area (Å²) in [5.41, 5.74) is 1.52. The Morgan fingerprint density at radius 3 is 2.39 bits per heavy atom. The highest BCUT2D eigenvalue weighted by Crippen LogP contribution is 2.40. The van der Waals surface area contributed by atoms with Crippen LogP contribution in [0.1, 0.15) is 61.3 Å². The van der Waals surface area contributed by atoms with E-state index in [9.17, 15) is 18.0 Å². The summed E-state index contributed by atoms with van der Waals surface area (Å²) in [6, 6.07) is 14.1. The minimum absolute atomic E-state index is 0.118. The molecule has 5 rings (SSSR count). The number of nitrogens with one attached hydrogen (secondary N) is 2. The molecule has 9 heteroatoms. The van der Waals surface area contributed by atoms with Crippen LogP contribution in [0.4, 0.5) is 30.4 Å². The van der Waals surface area contributed by atoms with Gasteiger partial charge < -0.3 is 15.5 Å². The fraction of sp³-hybridized carbons (Fsp3) is 0.414. The molecular weight excluding hydrogens is 491 g/mol. The van der Waals surface area contributed by atoms with Gasteiger partial charge in [0.2, 0.25) is 5.91 Å². The van der Waals surface area contributed by atoms with E-state index in [-0.39, 0.29) is 23.2 Å². The number of benzene rings is 2. The van der Waals surface area contributed by atoms with Crippen molar-refractivity contribution in [2.24, 2.45) is 5.92 Å². The molecule has 3 aromatic rings. The highest BCUT2D eigenvalue weighted by atomic mass is 19.4. The Hall–Kier alpha value is -3.62. The molecule has 1 aromatic heterocycles. The molecule has 2 N–H and O–H groups in total. The fourth-order valence-corrected chi connectivity index (χ4v) is 5.72. The van der Waals surface area contributed by atoms with Crippen molar-refractivity contribution in [3.05, 3.63) is 77.7 Å². The van der Waals surface area contributed by atoms with Crippen LogP contribution in [0.2, 0.25) is 0 Å². The number of carbonyl (C=O) groups is 1. The Bertz CT molecular complexity index is 1240. The predicted molar refractivity (Wildman–Crippen MR) is 142 cm³/mol. The van der Waals surface area contributed by atoms with Gasteiger partial charge >= 0.3 is 6.18 Å². The fourth-order valence-electron chi connectivity index (χ4n) is 5.72. The first-order valence-electron chi connectivity index (χ1n) is 13.2. The SMILES string of the molecule is Cc1ccc(NC(=O)[C@@H]2CCCN(c3ccncn3)[C@H]2c2ccc(NC3CCCC3)cc2)cc1C(F)(F)F. The normalized spacial score (nSPS) is 20.4. The maximum Gasteiger partial charge on any atom is 0.416 e. The maximum absolute atomic E-state index is 13.6. The van der Waals surface area contributed by atoms with E-state index in [0.29, 0.717) is 24.8 Å². The minimum Gasteiger partial charge on any atom is -0.382 e. The molecule has 0 spiro atoms. The van der Waals surface area contributed by atoms with Crippen molar-refractivity contribution in [1.82, 2.24) is 9.97 Å². The lowest BCUT2D eigenvalue weighted by Crippen LogP contribution is -2.44. The first kappa shape index (κ1) is 26.0. The molecule has 1 saturated heterocycles. The molecule has 2 aromatic carbocycles. The lowest BCUT2D eigenvalue weighted by molar-refractivity contribution is -0.138. The number of hydrogen-bond donors (Lipinski definition) is 2. The highest BCUT2D eigenvalue weighted by Gasteiger charge is 2.38. The molecule has 1 aliphatic heterocycles. The second kappa shape index (κ2) is 11.0. The summed E-state index contributed by atoms with van der Waals surface area (Å²) in [5.74, 6) is -0.0766. The molecular formula is C29H32F3N5O. The third-order valence-corrected chi connectivity index (χ3v) is 7.62. The van der Waals surface area contributed by atoms with Crippen LogP contribution >= 0.6 is 0 Å². The molecule has 0 unspecified atom stereocenters. The van der Waals surface area contributed by atoms with Crippen molar-refractivity contribution in [3.63, 3.8) is 0 Å². The standard InChI is InChI=1S/C29H32F3N5O/c1-19-8-11-23(17-25(19)29(30,31)32)36-28(38)24-7-4-16-37(26-14-15-33-18-34-26)27(24)20-9-12-22(13-10-20)35-21-5-2-3-6-21/h8-15,17-18,21,24,27,35H,2-7,16H2,1H3,(H,36,38)/t24-,27+/m1/s1. The lowest BCUT2D eigenvalue weighted by atomic mass is 9.83. The molecule has 38 heavy (non-hydrogen) atoms. The van der Waals surface area contributed by atoms with Gasteiger partial charge in [-0.25, -0.2) is 9.97 Å². The molecule has 2 aliphatic rings. The Morgan fingerprint density at radius 2 is 1.71 bits per heavy atom. The second-order valence-electron chi connectivity index (χ2n) is 10.2. The Morgan fingerprint density at radius 1 is 0.974 bits per heavy atom. The molecule has 200 valence electrons. The molecule has 2 heterocycles. The van der Waals surface area contributed by atoms with Gasteiger partial charge in [-0.15, -0.1) is 0 Å². The number of piperidine rings is 1. The van der Waals surface area contributed by atoms with Gasteiger partial charge in [-0.3, -0.25) is 4.79 Å². The summed E-state index contributed by atoms with van der Waals surface area (Å²) in [7, 11) is 0. The number of amides is 1. The third kappa shape index (κ3) is 5.76. The number of halogens is 3. The Labute approximate surface area is 220 Å². The zero-order valence-electron chi connectivity index (χ0n) is 21.3. The molecule has 1 aliphatic carbocycles. The molecule has 0 bridgehead atoms. The number of anilines is 3. The van der Waals surface area contributed by atoms with E-state index in [1.54, 1.807) is 6.20 Å². The average Bonchev–Trinajstić information content (AvgIpc) is 3.43. The second-order valence-corrected chi connectivity index (χ2v) is 10.2. The lowest BCUT2D eigenvalue weighted by Gasteiger charge is -2.41. The van der Waals surface area contributed by atoms with Crippen molar-refractivity contribution < 1.29 is 18.0 Å². The van der Waals surface area contributed by atoms with Crippen molar-refractivity contribution >= 4 is 23.1 Å². The molecule has 2 atom stereocenters. The van der Waals surface area contributed by atoms with Crippen molar-refractivity contribution in [1.29, 1.82) is 0 Å². The van der Waals surface area contributed by atoms with Crippen LogP contribution in [0.3, 0.4) is 0 Å². The van der Waals surface area contributed by atoms with E-state index in [1.165, 1.54) is 51.1 Å². The summed E-state index contributed by atoms with van der Waals surface area (Å²) >= 11 is 0. The van der Waals surface area contributed by atoms with E-state index in [0.717, 1.165) is 23.7 Å². The predicted octanol–water partition coefficient (Wildman–Crippen LogP) is 6.75. The van der Waals surface area contributed by atoms with Crippen LogP contribution in [-0.2, 0) is 11.0 Å². The average molecular weight is 524 g/mol. The number of rotatable bonds is 6. The highest BCUT2D eigenvalue weighted by molar-refractivity contribution is 5.93. The van der Waals surface area contributed by atoms with Crippen LogP contribution in [0, 0.1) is 12.8 Å². The van der Waals surface area contributed by atoms with Crippen LogP contribution in [0.25, 0.3) is 0 Å². The summed E-state index contributed by atoms with van der Waals surface area (Å²) in [4.78, 5) is 24.2. The number of hydrogen-bond acceptors (Lipinski definition) is 5. The summed E-state index contributed by atoms with van der Waals surface area (Å²) in [6.07, 6.45) is 4.85. The van der Waals surface area contributed by atoms with E-state index in [1.807, 2.05) is 30.3 Å². The Balaban J connectivity index is 1.43. The zero-order chi connectivity index (χ0) is 26.7. The van der Waals surface area contributed by atoms with Crippen molar-refractivity contribution in [2.45, 2.75) is 63.7 Å².